The van der Waals surface area contributed by atoms with Gasteiger partial charge in [0, 0.05) is 18.7 Å². The number of ether oxygens (including phenoxy) is 1. The molecule has 0 radical (unpaired) electrons. The summed E-state index contributed by atoms with van der Waals surface area (Å²) < 4.78 is 5.97. The standard InChI is InChI=1S/C19H21N3O4/c1-13-8-9-16(22(24)25)10-17(13)20-19(23)21-11-14(2)26-18(12-21)15-6-4-3-5-7-15/h3-10,14,18H,11-12H2,1-2H3,(H,20,23)/t14-,18-/m0/s1. The zero-order valence-electron chi connectivity index (χ0n) is 14.7. The molecule has 0 aliphatic carbocycles. The van der Waals surface area contributed by atoms with Crippen LogP contribution in [0.25, 0.3) is 0 Å². The molecule has 0 unspecified atom stereocenters. The highest BCUT2D eigenvalue weighted by molar-refractivity contribution is 5.90. The molecule has 0 aromatic heterocycles. The van der Waals surface area contributed by atoms with Crippen LogP contribution in [0.5, 0.6) is 0 Å². The van der Waals surface area contributed by atoms with Gasteiger partial charge in [-0.05, 0) is 25.0 Å². The first-order valence-electron chi connectivity index (χ1n) is 8.45. The summed E-state index contributed by atoms with van der Waals surface area (Å²) >= 11 is 0. The Morgan fingerprint density at radius 1 is 1.23 bits per heavy atom. The average molecular weight is 355 g/mol. The number of carbonyl (C=O) groups excluding carboxylic acids is 1. The molecular weight excluding hydrogens is 334 g/mol. The van der Waals surface area contributed by atoms with Crippen molar-refractivity contribution in [1.82, 2.24) is 4.90 Å². The zero-order chi connectivity index (χ0) is 18.7. The lowest BCUT2D eigenvalue weighted by Crippen LogP contribution is -2.47. The molecule has 7 heteroatoms. The Bertz CT molecular complexity index is 810. The fourth-order valence-electron chi connectivity index (χ4n) is 3.02. The number of carbonyl (C=O) groups is 1. The van der Waals surface area contributed by atoms with Crippen molar-refractivity contribution < 1.29 is 14.5 Å². The van der Waals surface area contributed by atoms with E-state index in [0.717, 1.165) is 11.1 Å². The number of nitro benzene ring substituents is 1. The van der Waals surface area contributed by atoms with Crippen LogP contribution in [0.15, 0.2) is 48.5 Å². The number of non-ortho nitro benzene ring substituents is 1. The van der Waals surface area contributed by atoms with Crippen molar-refractivity contribution in [1.29, 1.82) is 0 Å². The molecule has 1 saturated heterocycles. The third-order valence-electron chi connectivity index (χ3n) is 4.39. The molecule has 1 fully saturated rings. The number of hydrogen-bond acceptors (Lipinski definition) is 4. The molecule has 2 amide bonds. The van der Waals surface area contributed by atoms with Gasteiger partial charge in [0.2, 0.25) is 0 Å². The molecular formula is C19H21N3O4. The highest BCUT2D eigenvalue weighted by Gasteiger charge is 2.29. The third-order valence-corrected chi connectivity index (χ3v) is 4.39. The number of morpholine rings is 1. The van der Waals surface area contributed by atoms with Gasteiger partial charge in [0.15, 0.2) is 0 Å². The lowest BCUT2D eigenvalue weighted by molar-refractivity contribution is -0.384. The quantitative estimate of drug-likeness (QED) is 0.668. The zero-order valence-corrected chi connectivity index (χ0v) is 14.7. The van der Waals surface area contributed by atoms with Gasteiger partial charge in [-0.2, -0.15) is 0 Å². The van der Waals surface area contributed by atoms with Crippen LogP contribution in [0.3, 0.4) is 0 Å². The summed E-state index contributed by atoms with van der Waals surface area (Å²) in [6.07, 6.45) is -0.303. The molecule has 3 rings (SSSR count). The van der Waals surface area contributed by atoms with Crippen molar-refractivity contribution in [2.45, 2.75) is 26.1 Å². The maximum Gasteiger partial charge on any atom is 0.322 e. The number of urea groups is 1. The Morgan fingerprint density at radius 3 is 2.65 bits per heavy atom. The van der Waals surface area contributed by atoms with E-state index in [2.05, 4.69) is 5.32 Å². The molecule has 0 saturated carbocycles. The van der Waals surface area contributed by atoms with Gasteiger partial charge < -0.3 is 15.0 Å². The van der Waals surface area contributed by atoms with Gasteiger partial charge in [0.25, 0.3) is 5.69 Å². The van der Waals surface area contributed by atoms with E-state index < -0.39 is 4.92 Å². The summed E-state index contributed by atoms with van der Waals surface area (Å²) in [6, 6.07) is 13.9. The number of aryl methyl sites for hydroxylation is 1. The first-order valence-corrected chi connectivity index (χ1v) is 8.45. The fraction of sp³-hybridized carbons (Fsp3) is 0.316. The topological polar surface area (TPSA) is 84.7 Å². The molecule has 0 bridgehead atoms. The van der Waals surface area contributed by atoms with E-state index in [1.807, 2.05) is 37.3 Å². The Kier molecular flexibility index (Phi) is 5.18. The van der Waals surface area contributed by atoms with Crippen molar-refractivity contribution in [3.63, 3.8) is 0 Å². The average Bonchev–Trinajstić information content (AvgIpc) is 2.63. The molecule has 7 nitrogen and oxygen atoms in total. The summed E-state index contributed by atoms with van der Waals surface area (Å²) in [5, 5.41) is 13.8. The van der Waals surface area contributed by atoms with Crippen molar-refractivity contribution in [3.8, 4) is 0 Å². The largest absolute Gasteiger partial charge is 0.367 e. The van der Waals surface area contributed by atoms with Crippen LogP contribution in [-0.4, -0.2) is 35.0 Å². The lowest BCUT2D eigenvalue weighted by atomic mass is 10.1. The minimum Gasteiger partial charge on any atom is -0.367 e. The first-order chi connectivity index (χ1) is 12.4. The number of rotatable bonds is 3. The minimum atomic E-state index is -0.475. The van der Waals surface area contributed by atoms with Crippen LogP contribution >= 0.6 is 0 Å². The Morgan fingerprint density at radius 2 is 1.96 bits per heavy atom. The second kappa shape index (κ2) is 7.53. The van der Waals surface area contributed by atoms with Gasteiger partial charge in [-0.1, -0.05) is 36.4 Å². The third kappa shape index (κ3) is 4.00. The number of hydrogen-bond donors (Lipinski definition) is 1. The molecule has 2 aromatic rings. The summed E-state index contributed by atoms with van der Waals surface area (Å²) in [5.74, 6) is 0. The van der Waals surface area contributed by atoms with Crippen LogP contribution in [0.2, 0.25) is 0 Å². The maximum atomic E-state index is 12.7. The van der Waals surface area contributed by atoms with Gasteiger partial charge in [-0.3, -0.25) is 10.1 Å². The molecule has 1 N–H and O–H groups in total. The van der Waals surface area contributed by atoms with Gasteiger partial charge in [-0.25, -0.2) is 4.79 Å². The molecule has 26 heavy (non-hydrogen) atoms. The van der Waals surface area contributed by atoms with E-state index in [-0.39, 0.29) is 23.9 Å². The molecule has 2 atom stereocenters. The predicted octanol–water partition coefficient (Wildman–Crippen LogP) is 3.90. The first kappa shape index (κ1) is 17.9. The van der Waals surface area contributed by atoms with E-state index in [9.17, 15) is 14.9 Å². The van der Waals surface area contributed by atoms with Crippen molar-refractivity contribution >= 4 is 17.4 Å². The van der Waals surface area contributed by atoms with Gasteiger partial charge in [-0.15, -0.1) is 0 Å². The minimum absolute atomic E-state index is 0.0524. The van der Waals surface area contributed by atoms with Crippen LogP contribution in [-0.2, 0) is 4.74 Å². The highest BCUT2D eigenvalue weighted by Crippen LogP contribution is 2.27. The molecule has 1 heterocycles. The van der Waals surface area contributed by atoms with E-state index >= 15 is 0 Å². The number of nitrogens with zero attached hydrogens (tertiary/aromatic N) is 2. The summed E-state index contributed by atoms with van der Waals surface area (Å²) in [5.41, 5.74) is 2.18. The Labute approximate surface area is 151 Å². The Balaban J connectivity index is 1.75. The SMILES string of the molecule is Cc1ccc([N+](=O)[O-])cc1NC(=O)N1C[C@@H](c2ccccc2)O[C@@H](C)C1. The van der Waals surface area contributed by atoms with Crippen molar-refractivity contribution in [3.05, 3.63) is 69.8 Å². The number of nitro groups is 1. The number of benzene rings is 2. The summed E-state index contributed by atoms with van der Waals surface area (Å²) in [6.45, 7) is 4.61. The highest BCUT2D eigenvalue weighted by atomic mass is 16.6. The predicted molar refractivity (Wildman–Crippen MR) is 98.2 cm³/mol. The van der Waals surface area contributed by atoms with Gasteiger partial charge in [0.05, 0.1) is 23.3 Å². The van der Waals surface area contributed by atoms with E-state index in [0.29, 0.717) is 18.8 Å². The van der Waals surface area contributed by atoms with Crippen molar-refractivity contribution in [2.24, 2.45) is 0 Å². The van der Waals surface area contributed by atoms with E-state index in [1.54, 1.807) is 17.9 Å². The second-order valence-corrected chi connectivity index (χ2v) is 6.44. The van der Waals surface area contributed by atoms with Gasteiger partial charge in [0.1, 0.15) is 6.10 Å². The number of amides is 2. The van der Waals surface area contributed by atoms with Crippen molar-refractivity contribution in [2.75, 3.05) is 18.4 Å². The monoisotopic (exact) mass is 355 g/mol. The normalized spacial score (nSPS) is 19.8. The van der Waals surface area contributed by atoms with Gasteiger partial charge >= 0.3 is 6.03 Å². The van der Waals surface area contributed by atoms with Crippen LogP contribution in [0, 0.1) is 17.0 Å². The number of anilines is 1. The second-order valence-electron chi connectivity index (χ2n) is 6.44. The molecule has 136 valence electrons. The molecule has 1 aliphatic heterocycles. The Hall–Kier alpha value is -2.93. The lowest BCUT2D eigenvalue weighted by Gasteiger charge is -2.37. The van der Waals surface area contributed by atoms with E-state index in [4.69, 9.17) is 4.74 Å². The smallest absolute Gasteiger partial charge is 0.322 e. The van der Waals surface area contributed by atoms with Crippen LogP contribution < -0.4 is 5.32 Å². The van der Waals surface area contributed by atoms with E-state index in [1.165, 1.54) is 12.1 Å². The molecule has 0 spiro atoms. The molecule has 2 aromatic carbocycles. The maximum absolute atomic E-state index is 12.7. The van der Waals surface area contributed by atoms with Crippen LogP contribution in [0.4, 0.5) is 16.2 Å². The molecule has 1 aliphatic rings. The summed E-state index contributed by atoms with van der Waals surface area (Å²) in [4.78, 5) is 24.9. The van der Waals surface area contributed by atoms with Crippen LogP contribution in [0.1, 0.15) is 24.2 Å². The summed E-state index contributed by atoms with van der Waals surface area (Å²) in [7, 11) is 0. The number of nitrogens with one attached hydrogen (secondary N) is 1. The fourth-order valence-corrected chi connectivity index (χ4v) is 3.02.